The van der Waals surface area contributed by atoms with E-state index in [0.29, 0.717) is 6.42 Å². The van der Waals surface area contributed by atoms with Crippen LogP contribution in [0.5, 0.6) is 0 Å². The summed E-state index contributed by atoms with van der Waals surface area (Å²) in [5, 5.41) is 2.94. The second kappa shape index (κ2) is 5.57. The van der Waals surface area contributed by atoms with Crippen LogP contribution >= 0.6 is 0 Å². The highest BCUT2D eigenvalue weighted by Gasteiger charge is 2.30. The molecule has 1 atom stereocenters. The van der Waals surface area contributed by atoms with Crippen LogP contribution in [0.2, 0.25) is 0 Å². The van der Waals surface area contributed by atoms with E-state index in [1.807, 2.05) is 19.1 Å². The predicted molar refractivity (Wildman–Crippen MR) is 69.9 cm³/mol. The fourth-order valence-electron chi connectivity index (χ4n) is 2.65. The van der Waals surface area contributed by atoms with E-state index in [1.165, 1.54) is 6.42 Å². The smallest absolute Gasteiger partial charge is 0.222 e. The number of amides is 1. The van der Waals surface area contributed by atoms with E-state index in [0.717, 1.165) is 31.4 Å². The van der Waals surface area contributed by atoms with Crippen molar-refractivity contribution >= 4 is 5.91 Å². The zero-order chi connectivity index (χ0) is 13.0. The maximum Gasteiger partial charge on any atom is 0.222 e. The van der Waals surface area contributed by atoms with Gasteiger partial charge in [0.05, 0.1) is 12.3 Å². The Kier molecular flexibility index (Phi) is 4.07. The van der Waals surface area contributed by atoms with Crippen molar-refractivity contribution in [2.75, 3.05) is 0 Å². The zero-order valence-electron chi connectivity index (χ0n) is 10.9. The molecule has 0 spiro atoms. The van der Waals surface area contributed by atoms with Gasteiger partial charge in [-0.25, -0.2) is 0 Å². The Balaban J connectivity index is 1.84. The van der Waals surface area contributed by atoms with Gasteiger partial charge in [0.15, 0.2) is 0 Å². The minimum absolute atomic E-state index is 0.0169. The maximum absolute atomic E-state index is 12.0. The molecule has 0 radical (unpaired) electrons. The first kappa shape index (κ1) is 13.1. The molecule has 0 unspecified atom stereocenters. The van der Waals surface area contributed by atoms with Gasteiger partial charge in [0, 0.05) is 12.0 Å². The summed E-state index contributed by atoms with van der Waals surface area (Å²) in [5.41, 5.74) is 5.97. The molecule has 4 heteroatoms. The first-order chi connectivity index (χ1) is 8.59. The van der Waals surface area contributed by atoms with Gasteiger partial charge in [-0.3, -0.25) is 4.79 Å². The number of nitrogens with two attached hydrogens (primary N) is 1. The number of hydrogen-bond acceptors (Lipinski definition) is 3. The van der Waals surface area contributed by atoms with E-state index in [1.54, 1.807) is 6.26 Å². The molecule has 0 aliphatic heterocycles. The van der Waals surface area contributed by atoms with Gasteiger partial charge in [-0.15, -0.1) is 0 Å². The van der Waals surface area contributed by atoms with Gasteiger partial charge in [0.2, 0.25) is 5.91 Å². The molecule has 18 heavy (non-hydrogen) atoms. The van der Waals surface area contributed by atoms with Crippen molar-refractivity contribution in [3.8, 4) is 0 Å². The molecule has 0 saturated heterocycles. The summed E-state index contributed by atoms with van der Waals surface area (Å²) in [6.45, 7) is 1.92. The first-order valence-corrected chi connectivity index (χ1v) is 6.71. The van der Waals surface area contributed by atoms with Crippen molar-refractivity contribution < 1.29 is 9.21 Å². The zero-order valence-corrected chi connectivity index (χ0v) is 10.9. The van der Waals surface area contributed by atoms with Crippen LogP contribution in [0.4, 0.5) is 0 Å². The number of rotatable bonds is 4. The van der Waals surface area contributed by atoms with Crippen molar-refractivity contribution in [1.82, 2.24) is 5.32 Å². The average Bonchev–Trinajstić information content (AvgIpc) is 2.82. The molecule has 1 amide bonds. The number of carbonyl (C=O) groups is 1. The molecule has 0 bridgehead atoms. The van der Waals surface area contributed by atoms with Crippen molar-refractivity contribution in [2.24, 2.45) is 5.73 Å². The van der Waals surface area contributed by atoms with Gasteiger partial charge in [-0.2, -0.15) is 0 Å². The third kappa shape index (κ3) is 3.35. The van der Waals surface area contributed by atoms with Crippen molar-refractivity contribution in [2.45, 2.75) is 57.0 Å². The molecular weight excluding hydrogens is 228 g/mol. The Hall–Kier alpha value is -1.29. The lowest BCUT2D eigenvalue weighted by atomic mass is 9.80. The van der Waals surface area contributed by atoms with Gasteiger partial charge < -0.3 is 15.5 Å². The highest BCUT2D eigenvalue weighted by molar-refractivity contribution is 5.77. The molecule has 1 saturated carbocycles. The first-order valence-electron chi connectivity index (χ1n) is 6.71. The van der Waals surface area contributed by atoms with Gasteiger partial charge in [0.1, 0.15) is 5.76 Å². The van der Waals surface area contributed by atoms with E-state index in [4.69, 9.17) is 10.2 Å². The molecule has 2 rings (SSSR count). The van der Waals surface area contributed by atoms with Gasteiger partial charge in [-0.05, 0) is 31.9 Å². The van der Waals surface area contributed by atoms with Crippen molar-refractivity contribution in [3.05, 3.63) is 24.2 Å². The SMILES string of the molecule is C[C@@H](NC(=O)CC1(N)CCCCC1)c1ccco1. The van der Waals surface area contributed by atoms with E-state index < -0.39 is 0 Å². The van der Waals surface area contributed by atoms with Crippen LogP contribution in [0, 0.1) is 0 Å². The molecule has 1 fully saturated rings. The number of furan rings is 1. The van der Waals surface area contributed by atoms with Crippen LogP contribution in [-0.4, -0.2) is 11.4 Å². The summed E-state index contributed by atoms with van der Waals surface area (Å²) in [4.78, 5) is 12.0. The van der Waals surface area contributed by atoms with Crippen LogP contribution in [0.15, 0.2) is 22.8 Å². The number of hydrogen-bond donors (Lipinski definition) is 2. The molecule has 1 heterocycles. The Bertz CT molecular complexity index is 381. The molecule has 4 nitrogen and oxygen atoms in total. The Morgan fingerprint density at radius 3 is 2.83 bits per heavy atom. The monoisotopic (exact) mass is 250 g/mol. The second-order valence-electron chi connectivity index (χ2n) is 5.40. The molecule has 1 aromatic rings. The second-order valence-corrected chi connectivity index (χ2v) is 5.40. The fraction of sp³-hybridized carbons (Fsp3) is 0.643. The summed E-state index contributed by atoms with van der Waals surface area (Å²) in [6.07, 6.45) is 7.45. The Labute approximate surface area is 108 Å². The molecule has 0 aromatic carbocycles. The third-order valence-corrected chi connectivity index (χ3v) is 3.71. The van der Waals surface area contributed by atoms with Crippen LogP contribution in [0.3, 0.4) is 0 Å². The highest BCUT2D eigenvalue weighted by atomic mass is 16.3. The molecule has 1 aliphatic carbocycles. The molecule has 3 N–H and O–H groups in total. The molecule has 1 aromatic heterocycles. The van der Waals surface area contributed by atoms with E-state index in [9.17, 15) is 4.79 Å². The Morgan fingerprint density at radius 2 is 2.22 bits per heavy atom. The van der Waals surface area contributed by atoms with Gasteiger partial charge in [-0.1, -0.05) is 19.3 Å². The number of carbonyl (C=O) groups excluding carboxylic acids is 1. The predicted octanol–water partition coefficient (Wildman–Crippen LogP) is 2.51. The van der Waals surface area contributed by atoms with Crippen LogP contribution in [-0.2, 0) is 4.79 Å². The van der Waals surface area contributed by atoms with Gasteiger partial charge in [0.25, 0.3) is 0 Å². The lowest BCUT2D eigenvalue weighted by molar-refractivity contribution is -0.123. The molecule has 1 aliphatic rings. The van der Waals surface area contributed by atoms with Crippen LogP contribution in [0.25, 0.3) is 0 Å². The van der Waals surface area contributed by atoms with E-state index >= 15 is 0 Å². The lowest BCUT2D eigenvalue weighted by Gasteiger charge is -2.33. The quantitative estimate of drug-likeness (QED) is 0.862. The summed E-state index contributed by atoms with van der Waals surface area (Å²) in [7, 11) is 0. The fourth-order valence-corrected chi connectivity index (χ4v) is 2.65. The highest BCUT2D eigenvalue weighted by Crippen LogP contribution is 2.28. The standard InChI is InChI=1S/C14H22N2O2/c1-11(12-6-5-9-18-12)16-13(17)10-14(15)7-3-2-4-8-14/h5-6,9,11H,2-4,7-8,10,15H2,1H3,(H,16,17)/t11-/m1/s1. The summed E-state index contributed by atoms with van der Waals surface area (Å²) in [6, 6.07) is 3.59. The van der Waals surface area contributed by atoms with E-state index in [2.05, 4.69) is 5.32 Å². The minimum Gasteiger partial charge on any atom is -0.467 e. The van der Waals surface area contributed by atoms with Gasteiger partial charge >= 0.3 is 0 Å². The normalized spacial score (nSPS) is 20.3. The largest absolute Gasteiger partial charge is 0.467 e. The van der Waals surface area contributed by atoms with E-state index in [-0.39, 0.29) is 17.5 Å². The van der Waals surface area contributed by atoms with Crippen molar-refractivity contribution in [3.63, 3.8) is 0 Å². The molecular formula is C14H22N2O2. The molecule has 100 valence electrons. The maximum atomic E-state index is 12.0. The van der Waals surface area contributed by atoms with Crippen LogP contribution < -0.4 is 11.1 Å². The third-order valence-electron chi connectivity index (χ3n) is 3.71. The topological polar surface area (TPSA) is 68.3 Å². The number of nitrogens with one attached hydrogen (secondary N) is 1. The van der Waals surface area contributed by atoms with Crippen LogP contribution in [0.1, 0.15) is 57.3 Å². The average molecular weight is 250 g/mol. The summed E-state index contributed by atoms with van der Waals surface area (Å²) < 4.78 is 5.27. The summed E-state index contributed by atoms with van der Waals surface area (Å²) in [5.74, 6) is 0.793. The Morgan fingerprint density at radius 1 is 1.50 bits per heavy atom. The minimum atomic E-state index is -0.300. The van der Waals surface area contributed by atoms with Crippen molar-refractivity contribution in [1.29, 1.82) is 0 Å². The lowest BCUT2D eigenvalue weighted by Crippen LogP contribution is -2.46. The summed E-state index contributed by atoms with van der Waals surface area (Å²) >= 11 is 0.